The third-order valence-corrected chi connectivity index (χ3v) is 3.24. The molecular formula is C16H15ClFNO3. The van der Waals surface area contributed by atoms with Crippen LogP contribution in [0.4, 0.5) is 10.1 Å². The lowest BCUT2D eigenvalue weighted by molar-refractivity contribution is -0.122. The molecular weight excluding hydrogens is 309 g/mol. The van der Waals surface area contributed by atoms with Gasteiger partial charge in [-0.15, -0.1) is 0 Å². The molecule has 1 amide bonds. The number of hydrogen-bond donors (Lipinski definition) is 1. The second kappa shape index (κ2) is 7.13. The fourth-order valence-corrected chi connectivity index (χ4v) is 1.95. The summed E-state index contributed by atoms with van der Waals surface area (Å²) < 4.78 is 23.5. The Bertz CT molecular complexity index is 661. The molecule has 1 atom stereocenters. The fraction of sp³-hybridized carbons (Fsp3) is 0.188. The maximum atomic E-state index is 13.0. The molecule has 4 nitrogen and oxygen atoms in total. The molecule has 2 aromatic rings. The molecule has 6 heteroatoms. The Hall–Kier alpha value is -2.27. The van der Waals surface area contributed by atoms with Crippen molar-refractivity contribution in [3.63, 3.8) is 0 Å². The number of anilines is 1. The molecule has 0 saturated heterocycles. The van der Waals surface area contributed by atoms with Crippen LogP contribution in [0.3, 0.4) is 0 Å². The first-order valence-electron chi connectivity index (χ1n) is 6.56. The Balaban J connectivity index is 1.99. The van der Waals surface area contributed by atoms with Crippen molar-refractivity contribution < 1.29 is 18.7 Å². The number of rotatable bonds is 5. The van der Waals surface area contributed by atoms with E-state index in [1.165, 1.54) is 12.1 Å². The third-order valence-electron chi connectivity index (χ3n) is 2.93. The molecule has 0 spiro atoms. The molecule has 1 N–H and O–H groups in total. The van der Waals surface area contributed by atoms with Crippen LogP contribution in [0, 0.1) is 5.82 Å². The number of ether oxygens (including phenoxy) is 2. The second-order valence-corrected chi connectivity index (χ2v) is 4.96. The summed E-state index contributed by atoms with van der Waals surface area (Å²) in [5.74, 6) is 0.381. The van der Waals surface area contributed by atoms with Gasteiger partial charge < -0.3 is 14.8 Å². The highest BCUT2D eigenvalue weighted by atomic mass is 35.5. The van der Waals surface area contributed by atoms with E-state index in [0.717, 1.165) is 6.07 Å². The molecule has 116 valence electrons. The molecule has 0 aromatic heterocycles. The normalized spacial score (nSPS) is 11.6. The fourth-order valence-electron chi connectivity index (χ4n) is 1.74. The number of hydrogen-bond acceptors (Lipinski definition) is 3. The summed E-state index contributed by atoms with van der Waals surface area (Å²) in [6.45, 7) is 1.61. The average molecular weight is 324 g/mol. The molecule has 0 heterocycles. The molecule has 0 aliphatic carbocycles. The summed E-state index contributed by atoms with van der Waals surface area (Å²) in [5.41, 5.74) is 0.332. The summed E-state index contributed by atoms with van der Waals surface area (Å²) in [4.78, 5) is 12.1. The summed E-state index contributed by atoms with van der Waals surface area (Å²) >= 11 is 5.86. The van der Waals surface area contributed by atoms with E-state index in [1.54, 1.807) is 38.3 Å². The highest BCUT2D eigenvalue weighted by Gasteiger charge is 2.16. The van der Waals surface area contributed by atoms with Crippen LogP contribution in [-0.4, -0.2) is 19.1 Å². The Morgan fingerprint density at radius 2 is 1.82 bits per heavy atom. The largest absolute Gasteiger partial charge is 0.497 e. The van der Waals surface area contributed by atoms with Gasteiger partial charge in [0.2, 0.25) is 0 Å². The Labute approximate surface area is 132 Å². The summed E-state index contributed by atoms with van der Waals surface area (Å²) in [6.07, 6.45) is -0.741. The molecule has 0 radical (unpaired) electrons. The van der Waals surface area contributed by atoms with Crippen LogP contribution in [0.15, 0.2) is 42.5 Å². The summed E-state index contributed by atoms with van der Waals surface area (Å²) in [6, 6.07) is 10.6. The smallest absolute Gasteiger partial charge is 0.265 e. The van der Waals surface area contributed by atoms with Crippen molar-refractivity contribution in [2.75, 3.05) is 12.4 Å². The zero-order valence-corrected chi connectivity index (χ0v) is 12.9. The quantitative estimate of drug-likeness (QED) is 0.908. The van der Waals surface area contributed by atoms with Gasteiger partial charge in [-0.3, -0.25) is 4.79 Å². The van der Waals surface area contributed by atoms with E-state index in [-0.39, 0.29) is 10.9 Å². The number of benzene rings is 2. The molecule has 0 fully saturated rings. The lowest BCUT2D eigenvalue weighted by Crippen LogP contribution is -2.30. The van der Waals surface area contributed by atoms with Gasteiger partial charge in [-0.05, 0) is 49.4 Å². The molecule has 0 bridgehead atoms. The predicted molar refractivity (Wildman–Crippen MR) is 83.1 cm³/mol. The highest BCUT2D eigenvalue weighted by molar-refractivity contribution is 6.33. The monoisotopic (exact) mass is 323 g/mol. The molecule has 2 aromatic carbocycles. The molecule has 0 saturated carbocycles. The van der Waals surface area contributed by atoms with Crippen LogP contribution in [0.2, 0.25) is 5.02 Å². The lowest BCUT2D eigenvalue weighted by atomic mass is 10.2. The molecule has 0 unspecified atom stereocenters. The van der Waals surface area contributed by atoms with E-state index in [0.29, 0.717) is 17.2 Å². The van der Waals surface area contributed by atoms with Gasteiger partial charge in [-0.1, -0.05) is 11.6 Å². The molecule has 0 aliphatic rings. The molecule has 0 aliphatic heterocycles. The van der Waals surface area contributed by atoms with Crippen LogP contribution in [0.5, 0.6) is 11.5 Å². The minimum Gasteiger partial charge on any atom is -0.497 e. The Morgan fingerprint density at radius 3 is 2.41 bits per heavy atom. The maximum Gasteiger partial charge on any atom is 0.265 e. The Morgan fingerprint density at radius 1 is 1.18 bits per heavy atom. The van der Waals surface area contributed by atoms with Crippen molar-refractivity contribution in [2.45, 2.75) is 13.0 Å². The topological polar surface area (TPSA) is 47.6 Å². The zero-order valence-electron chi connectivity index (χ0n) is 12.1. The van der Waals surface area contributed by atoms with Crippen molar-refractivity contribution in [1.29, 1.82) is 0 Å². The van der Waals surface area contributed by atoms with Gasteiger partial charge in [0, 0.05) is 0 Å². The molecule has 2 rings (SSSR count). The SMILES string of the molecule is COc1ccc(O[C@@H](C)C(=O)Nc2ccc(F)cc2Cl)cc1. The van der Waals surface area contributed by atoms with E-state index >= 15 is 0 Å². The number of carbonyl (C=O) groups is 1. The summed E-state index contributed by atoms with van der Waals surface area (Å²) in [5, 5.41) is 2.72. The van der Waals surface area contributed by atoms with E-state index in [2.05, 4.69) is 5.32 Å². The van der Waals surface area contributed by atoms with Gasteiger partial charge in [-0.25, -0.2) is 4.39 Å². The van der Waals surface area contributed by atoms with Crippen LogP contribution < -0.4 is 14.8 Å². The van der Waals surface area contributed by atoms with Crippen LogP contribution in [-0.2, 0) is 4.79 Å². The highest BCUT2D eigenvalue weighted by Crippen LogP contribution is 2.23. The van der Waals surface area contributed by atoms with Crippen molar-refractivity contribution in [1.82, 2.24) is 0 Å². The standard InChI is InChI=1S/C16H15ClFNO3/c1-10(22-13-6-4-12(21-2)5-7-13)16(20)19-15-8-3-11(18)9-14(15)17/h3-10H,1-2H3,(H,19,20)/t10-/m0/s1. The van der Waals surface area contributed by atoms with Crippen molar-refractivity contribution in [3.8, 4) is 11.5 Å². The van der Waals surface area contributed by atoms with Gasteiger partial charge in [0.1, 0.15) is 17.3 Å². The van der Waals surface area contributed by atoms with Gasteiger partial charge in [0.05, 0.1) is 17.8 Å². The van der Waals surface area contributed by atoms with E-state index in [1.807, 2.05) is 0 Å². The van der Waals surface area contributed by atoms with E-state index in [4.69, 9.17) is 21.1 Å². The minimum absolute atomic E-state index is 0.130. The second-order valence-electron chi connectivity index (χ2n) is 4.55. The van der Waals surface area contributed by atoms with Crippen molar-refractivity contribution in [3.05, 3.63) is 53.3 Å². The van der Waals surface area contributed by atoms with Crippen LogP contribution in [0.1, 0.15) is 6.92 Å². The van der Waals surface area contributed by atoms with Crippen LogP contribution in [0.25, 0.3) is 0 Å². The zero-order chi connectivity index (χ0) is 16.1. The minimum atomic E-state index is -0.741. The van der Waals surface area contributed by atoms with Crippen molar-refractivity contribution >= 4 is 23.2 Å². The van der Waals surface area contributed by atoms with Gasteiger partial charge >= 0.3 is 0 Å². The van der Waals surface area contributed by atoms with Gasteiger partial charge in [0.15, 0.2) is 6.10 Å². The first-order valence-corrected chi connectivity index (χ1v) is 6.94. The number of methoxy groups -OCH3 is 1. The maximum absolute atomic E-state index is 13.0. The first-order chi connectivity index (χ1) is 10.5. The Kier molecular flexibility index (Phi) is 5.22. The third kappa shape index (κ3) is 4.11. The predicted octanol–water partition coefficient (Wildman–Crippen LogP) is 3.89. The summed E-state index contributed by atoms with van der Waals surface area (Å²) in [7, 11) is 1.57. The first kappa shape index (κ1) is 16.1. The average Bonchev–Trinajstić information content (AvgIpc) is 2.50. The number of halogens is 2. The van der Waals surface area contributed by atoms with Crippen LogP contribution >= 0.6 is 11.6 Å². The van der Waals surface area contributed by atoms with Gasteiger partial charge in [-0.2, -0.15) is 0 Å². The number of carbonyl (C=O) groups excluding carboxylic acids is 1. The number of nitrogens with one attached hydrogen (secondary N) is 1. The van der Waals surface area contributed by atoms with Crippen molar-refractivity contribution in [2.24, 2.45) is 0 Å². The van der Waals surface area contributed by atoms with E-state index in [9.17, 15) is 9.18 Å². The molecule has 22 heavy (non-hydrogen) atoms. The van der Waals surface area contributed by atoms with Gasteiger partial charge in [0.25, 0.3) is 5.91 Å². The van der Waals surface area contributed by atoms with E-state index < -0.39 is 11.9 Å². The lowest BCUT2D eigenvalue weighted by Gasteiger charge is -2.15. The number of amides is 1.